The summed E-state index contributed by atoms with van der Waals surface area (Å²) in [5.74, 6) is 0. The number of rotatable bonds is 3. The molecule has 45 valence electrons. The Labute approximate surface area is 48.2 Å². The van der Waals surface area contributed by atoms with Crippen molar-refractivity contribution in [3.05, 3.63) is 29.2 Å². The van der Waals surface area contributed by atoms with Gasteiger partial charge < -0.3 is 0 Å². The van der Waals surface area contributed by atoms with Crippen molar-refractivity contribution in [2.24, 2.45) is 0 Å². The van der Waals surface area contributed by atoms with Gasteiger partial charge in [0.25, 0.3) is 0 Å². The molecule has 0 amide bonds. The molecule has 0 N–H and O–H groups in total. The zero-order chi connectivity index (χ0) is 6.41. The van der Waals surface area contributed by atoms with Gasteiger partial charge in [-0.1, -0.05) is 6.08 Å². The Kier molecular flexibility index (Phi) is 3.84. The van der Waals surface area contributed by atoms with Crippen molar-refractivity contribution in [2.75, 3.05) is 6.54 Å². The average Bonchev–Trinajstić information content (AvgIpc) is 1.66. The molecule has 3 heteroatoms. The molecule has 0 aromatic carbocycles. The van der Waals surface area contributed by atoms with Gasteiger partial charge in [0.1, 0.15) is 0 Å². The van der Waals surface area contributed by atoms with Crippen LogP contribution in [0.2, 0.25) is 0 Å². The Bertz CT molecular complexity index is 98.6. The Hall–Kier alpha value is -0.860. The maximum Gasteiger partial charge on any atom is 0.222 e. The van der Waals surface area contributed by atoms with E-state index < -0.39 is 0 Å². The van der Waals surface area contributed by atoms with Gasteiger partial charge in [0.15, 0.2) is 0 Å². The SMILES string of the molecule is [CH2]C/C=C/C[N+](=O)[O-]. The van der Waals surface area contributed by atoms with Gasteiger partial charge in [-0.2, -0.15) is 0 Å². The highest BCUT2D eigenvalue weighted by molar-refractivity contribution is 4.81. The summed E-state index contributed by atoms with van der Waals surface area (Å²) in [6, 6.07) is 0. The highest BCUT2D eigenvalue weighted by Gasteiger charge is 1.84. The summed E-state index contributed by atoms with van der Waals surface area (Å²) in [7, 11) is 0. The van der Waals surface area contributed by atoms with E-state index in [2.05, 4.69) is 6.92 Å². The molecular formula is C5H8NO2. The zero-order valence-electron chi connectivity index (χ0n) is 4.54. The predicted octanol–water partition coefficient (Wildman–Crippen LogP) is 1.04. The fourth-order valence-corrected chi connectivity index (χ4v) is 0.278. The minimum absolute atomic E-state index is 0.0878. The van der Waals surface area contributed by atoms with E-state index in [1.807, 2.05) is 0 Å². The van der Waals surface area contributed by atoms with E-state index >= 15 is 0 Å². The van der Waals surface area contributed by atoms with Crippen LogP contribution in [0, 0.1) is 17.0 Å². The summed E-state index contributed by atoms with van der Waals surface area (Å²) in [5, 5.41) is 9.61. The predicted molar refractivity (Wildman–Crippen MR) is 31.0 cm³/mol. The van der Waals surface area contributed by atoms with E-state index in [4.69, 9.17) is 0 Å². The number of nitro groups is 1. The van der Waals surface area contributed by atoms with Gasteiger partial charge in [-0.05, 0) is 19.4 Å². The van der Waals surface area contributed by atoms with Gasteiger partial charge in [0.2, 0.25) is 6.54 Å². The summed E-state index contributed by atoms with van der Waals surface area (Å²) < 4.78 is 0. The molecule has 0 rings (SSSR count). The number of nitrogens with zero attached hydrogens (tertiary/aromatic N) is 1. The van der Waals surface area contributed by atoms with Crippen LogP contribution in [0.4, 0.5) is 0 Å². The second-order valence-electron chi connectivity index (χ2n) is 1.28. The van der Waals surface area contributed by atoms with E-state index in [-0.39, 0.29) is 11.5 Å². The van der Waals surface area contributed by atoms with Crippen LogP contribution in [0.3, 0.4) is 0 Å². The first-order chi connectivity index (χ1) is 3.77. The third-order valence-electron chi connectivity index (χ3n) is 0.588. The molecule has 0 saturated heterocycles. The summed E-state index contributed by atoms with van der Waals surface area (Å²) in [5.41, 5.74) is 0. The van der Waals surface area contributed by atoms with E-state index in [9.17, 15) is 10.1 Å². The van der Waals surface area contributed by atoms with Crippen LogP contribution in [0.1, 0.15) is 6.42 Å². The highest BCUT2D eigenvalue weighted by atomic mass is 16.6. The second kappa shape index (κ2) is 4.30. The normalized spacial score (nSPS) is 10.1. The molecule has 0 aliphatic carbocycles. The molecule has 0 unspecified atom stereocenters. The lowest BCUT2D eigenvalue weighted by molar-refractivity contribution is -0.468. The van der Waals surface area contributed by atoms with Gasteiger partial charge in [-0.15, -0.1) is 0 Å². The summed E-state index contributed by atoms with van der Waals surface area (Å²) in [4.78, 5) is 9.23. The summed E-state index contributed by atoms with van der Waals surface area (Å²) in [6.07, 6.45) is 3.78. The molecule has 0 spiro atoms. The van der Waals surface area contributed by atoms with E-state index in [0.29, 0.717) is 6.42 Å². The molecule has 0 fully saturated rings. The Morgan fingerprint density at radius 3 is 2.62 bits per heavy atom. The third kappa shape index (κ3) is 5.14. The topological polar surface area (TPSA) is 43.1 Å². The average molecular weight is 114 g/mol. The fourth-order valence-electron chi connectivity index (χ4n) is 0.278. The van der Waals surface area contributed by atoms with Gasteiger partial charge in [-0.3, -0.25) is 10.1 Å². The molecule has 0 aliphatic rings. The number of allylic oxidation sites excluding steroid dienone is 1. The van der Waals surface area contributed by atoms with Crippen LogP contribution in [-0.4, -0.2) is 11.5 Å². The lowest BCUT2D eigenvalue weighted by Gasteiger charge is -1.80. The van der Waals surface area contributed by atoms with Crippen molar-refractivity contribution in [2.45, 2.75) is 6.42 Å². The molecule has 0 atom stereocenters. The van der Waals surface area contributed by atoms with Gasteiger partial charge in [0, 0.05) is 4.92 Å². The molecule has 0 bridgehead atoms. The first kappa shape index (κ1) is 7.14. The van der Waals surface area contributed by atoms with Gasteiger partial charge >= 0.3 is 0 Å². The van der Waals surface area contributed by atoms with Crippen LogP contribution in [-0.2, 0) is 0 Å². The van der Waals surface area contributed by atoms with E-state index in [1.54, 1.807) is 6.08 Å². The van der Waals surface area contributed by atoms with Crippen molar-refractivity contribution in [1.29, 1.82) is 0 Å². The minimum Gasteiger partial charge on any atom is -0.264 e. The molecule has 0 aromatic heterocycles. The van der Waals surface area contributed by atoms with Gasteiger partial charge in [-0.25, -0.2) is 0 Å². The summed E-state index contributed by atoms with van der Waals surface area (Å²) >= 11 is 0. The smallest absolute Gasteiger partial charge is 0.222 e. The number of hydrogen-bond donors (Lipinski definition) is 0. The molecule has 0 heterocycles. The maximum atomic E-state index is 9.61. The lowest BCUT2D eigenvalue weighted by Crippen LogP contribution is -1.95. The monoisotopic (exact) mass is 114 g/mol. The molecule has 8 heavy (non-hydrogen) atoms. The van der Waals surface area contributed by atoms with Crippen LogP contribution >= 0.6 is 0 Å². The lowest BCUT2D eigenvalue weighted by atomic mass is 10.4. The molecule has 1 radical (unpaired) electrons. The van der Waals surface area contributed by atoms with E-state index in [1.165, 1.54) is 6.08 Å². The second-order valence-corrected chi connectivity index (χ2v) is 1.28. The van der Waals surface area contributed by atoms with Gasteiger partial charge in [0.05, 0.1) is 0 Å². The first-order valence-electron chi connectivity index (χ1n) is 2.33. The van der Waals surface area contributed by atoms with Crippen molar-refractivity contribution >= 4 is 0 Å². The molecule has 0 saturated carbocycles. The largest absolute Gasteiger partial charge is 0.264 e. The van der Waals surface area contributed by atoms with Crippen LogP contribution < -0.4 is 0 Å². The molecular weight excluding hydrogens is 106 g/mol. The zero-order valence-corrected chi connectivity index (χ0v) is 4.54. The van der Waals surface area contributed by atoms with Crippen LogP contribution in [0.25, 0.3) is 0 Å². The highest BCUT2D eigenvalue weighted by Crippen LogP contribution is 1.78. The number of hydrogen-bond acceptors (Lipinski definition) is 2. The molecule has 0 aliphatic heterocycles. The molecule has 0 aromatic rings. The Morgan fingerprint density at radius 2 is 2.25 bits per heavy atom. The Balaban J connectivity index is 3.16. The Morgan fingerprint density at radius 1 is 1.62 bits per heavy atom. The summed E-state index contributed by atoms with van der Waals surface area (Å²) in [6.45, 7) is 3.39. The van der Waals surface area contributed by atoms with E-state index in [0.717, 1.165) is 0 Å². The minimum atomic E-state index is -0.383. The van der Waals surface area contributed by atoms with Crippen molar-refractivity contribution < 1.29 is 4.92 Å². The first-order valence-corrected chi connectivity index (χ1v) is 2.33. The third-order valence-corrected chi connectivity index (χ3v) is 0.588. The molecule has 3 nitrogen and oxygen atoms in total. The fraction of sp³-hybridized carbons (Fsp3) is 0.400. The standard InChI is InChI=1S/C5H8NO2/c1-2-3-4-5-6(7)8/h3-4H,1-2,5H2/b4-3+. The van der Waals surface area contributed by atoms with Crippen LogP contribution in [0.5, 0.6) is 0 Å². The quantitative estimate of drug-likeness (QED) is 0.312. The van der Waals surface area contributed by atoms with Crippen LogP contribution in [0.15, 0.2) is 12.2 Å². The van der Waals surface area contributed by atoms with Crippen molar-refractivity contribution in [3.8, 4) is 0 Å². The maximum absolute atomic E-state index is 9.61. The van der Waals surface area contributed by atoms with Crippen molar-refractivity contribution in [1.82, 2.24) is 0 Å². The van der Waals surface area contributed by atoms with Crippen molar-refractivity contribution in [3.63, 3.8) is 0 Å².